The van der Waals surface area contributed by atoms with Crippen molar-refractivity contribution in [2.75, 3.05) is 4.43 Å². The number of rotatable bonds is 6. The molecule has 1 aromatic heterocycles. The molecule has 0 fully saturated rings. The molecule has 0 saturated heterocycles. The van der Waals surface area contributed by atoms with Crippen molar-refractivity contribution in [3.05, 3.63) is 35.9 Å². The van der Waals surface area contributed by atoms with Crippen LogP contribution in [0.2, 0.25) is 18.1 Å². The summed E-state index contributed by atoms with van der Waals surface area (Å²) in [5.74, 6) is -0.227. The molecule has 1 atom stereocenters. The van der Waals surface area contributed by atoms with Gasteiger partial charge in [0.15, 0.2) is 8.32 Å². The molecule has 0 aliphatic carbocycles. The van der Waals surface area contributed by atoms with Crippen LogP contribution >= 0.6 is 22.6 Å². The molecular formula is C16H25FINOSi. The molecule has 1 heterocycles. The second kappa shape index (κ2) is 7.83. The Balaban J connectivity index is 2.94. The van der Waals surface area contributed by atoms with E-state index < -0.39 is 14.4 Å². The van der Waals surface area contributed by atoms with Gasteiger partial charge >= 0.3 is 0 Å². The molecule has 1 aromatic rings. The zero-order valence-corrected chi connectivity index (χ0v) is 16.6. The van der Waals surface area contributed by atoms with E-state index in [1.807, 2.05) is 12.1 Å². The van der Waals surface area contributed by atoms with E-state index in [0.29, 0.717) is 12.1 Å². The summed E-state index contributed by atoms with van der Waals surface area (Å²) in [6, 6.07) is 5.48. The SMILES string of the molecule is CC(C)(C)[Si](C)(C)O[C@@H](CCI)/C(F)=C\c1ccccn1. The second-order valence-electron chi connectivity index (χ2n) is 6.63. The van der Waals surface area contributed by atoms with E-state index in [9.17, 15) is 4.39 Å². The minimum atomic E-state index is -1.99. The lowest BCUT2D eigenvalue weighted by atomic mass is 10.2. The summed E-state index contributed by atoms with van der Waals surface area (Å²) in [7, 11) is -1.99. The van der Waals surface area contributed by atoms with Crippen molar-refractivity contribution in [2.45, 2.75) is 51.4 Å². The monoisotopic (exact) mass is 421 g/mol. The number of nitrogens with zero attached hydrogens (tertiary/aromatic N) is 1. The molecule has 0 bridgehead atoms. The zero-order valence-electron chi connectivity index (χ0n) is 13.5. The molecule has 0 radical (unpaired) electrons. The number of halogens is 2. The fourth-order valence-corrected chi connectivity index (χ4v) is 3.44. The Morgan fingerprint density at radius 3 is 2.57 bits per heavy atom. The fourth-order valence-electron chi connectivity index (χ4n) is 1.58. The molecule has 2 nitrogen and oxygen atoms in total. The Morgan fingerprint density at radius 1 is 1.43 bits per heavy atom. The normalized spacial score (nSPS) is 15.1. The van der Waals surface area contributed by atoms with E-state index in [4.69, 9.17) is 4.43 Å². The van der Waals surface area contributed by atoms with Gasteiger partial charge in [-0.05, 0) is 42.8 Å². The first kappa shape index (κ1) is 18.8. The Labute approximate surface area is 142 Å². The van der Waals surface area contributed by atoms with E-state index in [-0.39, 0.29) is 10.9 Å². The molecule has 21 heavy (non-hydrogen) atoms. The zero-order chi connectivity index (χ0) is 16.1. The third-order valence-corrected chi connectivity index (χ3v) is 9.00. The maximum atomic E-state index is 14.6. The Hall–Kier alpha value is -0.273. The van der Waals surface area contributed by atoms with Gasteiger partial charge in [-0.15, -0.1) is 0 Å². The quantitative estimate of drug-likeness (QED) is 0.339. The molecule has 0 saturated carbocycles. The Morgan fingerprint density at radius 2 is 2.10 bits per heavy atom. The predicted octanol–water partition coefficient (Wildman–Crippen LogP) is 5.61. The smallest absolute Gasteiger partial charge is 0.193 e. The average Bonchev–Trinajstić information content (AvgIpc) is 2.37. The van der Waals surface area contributed by atoms with Gasteiger partial charge in [0.25, 0.3) is 0 Å². The molecule has 0 N–H and O–H groups in total. The van der Waals surface area contributed by atoms with E-state index in [2.05, 4.69) is 61.4 Å². The third kappa shape index (κ3) is 5.79. The molecular weight excluding hydrogens is 396 g/mol. The topological polar surface area (TPSA) is 22.1 Å². The molecule has 5 heteroatoms. The van der Waals surface area contributed by atoms with Gasteiger partial charge in [0.05, 0.1) is 11.8 Å². The highest BCUT2D eigenvalue weighted by Gasteiger charge is 2.39. The highest BCUT2D eigenvalue weighted by molar-refractivity contribution is 14.1. The Kier molecular flexibility index (Phi) is 7.00. The van der Waals surface area contributed by atoms with Gasteiger partial charge in [-0.3, -0.25) is 4.98 Å². The molecule has 0 amide bonds. The molecule has 0 aliphatic heterocycles. The van der Waals surface area contributed by atoms with Crippen molar-refractivity contribution in [2.24, 2.45) is 0 Å². The van der Waals surface area contributed by atoms with Crippen LogP contribution in [0.15, 0.2) is 30.2 Å². The van der Waals surface area contributed by atoms with Crippen LogP contribution in [0.25, 0.3) is 6.08 Å². The minimum absolute atomic E-state index is 0.0712. The van der Waals surface area contributed by atoms with Crippen molar-refractivity contribution in [3.8, 4) is 0 Å². The number of alkyl halides is 1. The number of pyridine rings is 1. The van der Waals surface area contributed by atoms with Crippen LogP contribution in [0.1, 0.15) is 32.9 Å². The molecule has 118 valence electrons. The van der Waals surface area contributed by atoms with Crippen molar-refractivity contribution in [3.63, 3.8) is 0 Å². The highest BCUT2D eigenvalue weighted by Crippen LogP contribution is 2.38. The summed E-state index contributed by atoms with van der Waals surface area (Å²) in [5.41, 5.74) is 0.632. The summed E-state index contributed by atoms with van der Waals surface area (Å²) in [6.07, 6.45) is 3.37. The van der Waals surface area contributed by atoms with Crippen molar-refractivity contribution < 1.29 is 8.82 Å². The van der Waals surface area contributed by atoms with Gasteiger partial charge in [0.1, 0.15) is 5.83 Å². The van der Waals surface area contributed by atoms with E-state index in [0.717, 1.165) is 4.43 Å². The summed E-state index contributed by atoms with van der Waals surface area (Å²) in [5, 5.41) is 0.0712. The summed E-state index contributed by atoms with van der Waals surface area (Å²) >= 11 is 2.27. The second-order valence-corrected chi connectivity index (χ2v) is 12.5. The van der Waals surface area contributed by atoms with Crippen molar-refractivity contribution in [1.82, 2.24) is 4.98 Å². The Bertz CT molecular complexity index is 471. The van der Waals surface area contributed by atoms with E-state index in [1.165, 1.54) is 6.08 Å². The number of aromatic nitrogens is 1. The molecule has 0 unspecified atom stereocenters. The van der Waals surface area contributed by atoms with Gasteiger partial charge in [-0.1, -0.05) is 49.4 Å². The number of hydrogen-bond acceptors (Lipinski definition) is 2. The highest BCUT2D eigenvalue weighted by atomic mass is 127. The number of hydrogen-bond donors (Lipinski definition) is 0. The van der Waals surface area contributed by atoms with Crippen LogP contribution in [0.3, 0.4) is 0 Å². The summed E-state index contributed by atoms with van der Waals surface area (Å²) < 4.78 is 21.7. The first-order valence-electron chi connectivity index (χ1n) is 7.19. The standard InChI is InChI=1S/C16H25FINOSi/c1-16(2,3)21(4,5)20-15(9-10-18)14(17)12-13-8-6-7-11-19-13/h6-8,11-12,15H,9-10H2,1-5H3/b14-12+/t15-/m0/s1. The first-order valence-corrected chi connectivity index (χ1v) is 11.6. The first-order chi connectivity index (χ1) is 9.67. The van der Waals surface area contributed by atoms with Gasteiger partial charge in [-0.2, -0.15) is 0 Å². The largest absolute Gasteiger partial charge is 0.408 e. The minimum Gasteiger partial charge on any atom is -0.408 e. The van der Waals surface area contributed by atoms with Gasteiger partial charge in [0.2, 0.25) is 0 Å². The fraction of sp³-hybridized carbons (Fsp3) is 0.562. The molecule has 0 aliphatic rings. The van der Waals surface area contributed by atoms with E-state index in [1.54, 1.807) is 12.3 Å². The van der Waals surface area contributed by atoms with Crippen molar-refractivity contribution >= 4 is 37.0 Å². The van der Waals surface area contributed by atoms with E-state index >= 15 is 0 Å². The lowest BCUT2D eigenvalue weighted by molar-refractivity contribution is 0.187. The van der Waals surface area contributed by atoms with Crippen molar-refractivity contribution in [1.29, 1.82) is 0 Å². The molecule has 0 aromatic carbocycles. The van der Waals surface area contributed by atoms with Gasteiger partial charge < -0.3 is 4.43 Å². The average molecular weight is 421 g/mol. The van der Waals surface area contributed by atoms with Crippen LogP contribution in [0, 0.1) is 0 Å². The van der Waals surface area contributed by atoms with Crippen LogP contribution in [-0.4, -0.2) is 23.8 Å². The predicted molar refractivity (Wildman–Crippen MR) is 98.9 cm³/mol. The third-order valence-electron chi connectivity index (χ3n) is 3.90. The maximum Gasteiger partial charge on any atom is 0.193 e. The summed E-state index contributed by atoms with van der Waals surface area (Å²) in [6.45, 7) is 10.8. The van der Waals surface area contributed by atoms with Crippen LogP contribution in [0.5, 0.6) is 0 Å². The van der Waals surface area contributed by atoms with Gasteiger partial charge in [0, 0.05) is 10.6 Å². The van der Waals surface area contributed by atoms with Crippen LogP contribution in [-0.2, 0) is 4.43 Å². The lowest BCUT2D eigenvalue weighted by Gasteiger charge is -2.38. The maximum absolute atomic E-state index is 14.6. The van der Waals surface area contributed by atoms with Gasteiger partial charge in [-0.25, -0.2) is 4.39 Å². The molecule has 1 rings (SSSR count). The van der Waals surface area contributed by atoms with Crippen LogP contribution < -0.4 is 0 Å². The van der Waals surface area contributed by atoms with Crippen LogP contribution in [0.4, 0.5) is 4.39 Å². The molecule has 0 spiro atoms. The lowest BCUT2D eigenvalue weighted by Crippen LogP contribution is -2.44. The summed E-state index contributed by atoms with van der Waals surface area (Å²) in [4.78, 5) is 4.14.